The highest BCUT2D eigenvalue weighted by Gasteiger charge is 2.27. The lowest BCUT2D eigenvalue weighted by Crippen LogP contribution is -2.36. The van der Waals surface area contributed by atoms with Crippen LogP contribution in [0.25, 0.3) is 0 Å². The van der Waals surface area contributed by atoms with Crippen LogP contribution in [0.2, 0.25) is 0 Å². The zero-order valence-electron chi connectivity index (χ0n) is 15.2. The zero-order chi connectivity index (χ0) is 18.4. The molecule has 25 heavy (non-hydrogen) atoms. The Balaban J connectivity index is 2.31. The van der Waals surface area contributed by atoms with Crippen LogP contribution in [0.1, 0.15) is 56.3 Å². The smallest absolute Gasteiger partial charge is 0.255 e. The van der Waals surface area contributed by atoms with E-state index in [-0.39, 0.29) is 22.4 Å². The van der Waals surface area contributed by atoms with Crippen molar-refractivity contribution in [2.75, 3.05) is 20.2 Å². The second-order valence-corrected chi connectivity index (χ2v) is 8.43. The molecule has 1 N–H and O–H groups in total. The second-order valence-electron chi connectivity index (χ2n) is 6.49. The Morgan fingerprint density at radius 1 is 1.28 bits per heavy atom. The first-order chi connectivity index (χ1) is 11.9. The second kappa shape index (κ2) is 8.67. The van der Waals surface area contributed by atoms with E-state index < -0.39 is 10.0 Å². The maximum absolute atomic E-state index is 12.8. The van der Waals surface area contributed by atoms with E-state index in [0.717, 1.165) is 32.1 Å². The highest BCUT2D eigenvalue weighted by atomic mass is 32.2. The molecule has 0 aromatic heterocycles. The van der Waals surface area contributed by atoms with Crippen molar-refractivity contribution in [3.05, 3.63) is 23.8 Å². The molecule has 6 nitrogen and oxygen atoms in total. The summed E-state index contributed by atoms with van der Waals surface area (Å²) in [6.45, 7) is 5.05. The van der Waals surface area contributed by atoms with Gasteiger partial charge in [-0.1, -0.05) is 19.8 Å². The number of rotatable bonds is 7. The lowest BCUT2D eigenvalue weighted by Gasteiger charge is -2.26. The first-order valence-electron chi connectivity index (χ1n) is 8.89. The summed E-state index contributed by atoms with van der Waals surface area (Å²) in [6.07, 6.45) is 4.62. The van der Waals surface area contributed by atoms with E-state index >= 15 is 0 Å². The number of piperidine rings is 1. The van der Waals surface area contributed by atoms with E-state index in [1.165, 1.54) is 23.5 Å². The lowest BCUT2D eigenvalue weighted by molar-refractivity contribution is 0.0935. The van der Waals surface area contributed by atoms with Crippen LogP contribution in [0.5, 0.6) is 5.75 Å². The highest BCUT2D eigenvalue weighted by molar-refractivity contribution is 7.89. The molecule has 1 heterocycles. The number of methoxy groups -OCH3 is 1. The molecule has 0 spiro atoms. The third-order valence-electron chi connectivity index (χ3n) is 4.47. The molecule has 0 aliphatic carbocycles. The number of carbonyl (C=O) groups is 1. The monoisotopic (exact) mass is 368 g/mol. The SMILES string of the molecule is CCC[C@H](C)NC(=O)c1cc(S(=O)(=O)N2CCCCC2)ccc1OC. The van der Waals surface area contributed by atoms with Gasteiger partial charge in [0.15, 0.2) is 0 Å². The molecule has 1 aliphatic rings. The standard InChI is InChI=1S/C18H28N2O4S/c1-4-8-14(2)19-18(21)16-13-15(9-10-17(16)24-3)25(22,23)20-11-6-5-7-12-20/h9-10,13-14H,4-8,11-12H2,1-3H3,(H,19,21)/t14-/m0/s1. The van der Waals surface area contributed by atoms with E-state index in [9.17, 15) is 13.2 Å². The van der Waals surface area contributed by atoms with Gasteiger partial charge in [0.25, 0.3) is 5.91 Å². The average Bonchev–Trinajstić information content (AvgIpc) is 2.62. The molecule has 1 aromatic carbocycles. The predicted molar refractivity (Wildman–Crippen MR) is 97.4 cm³/mol. The summed E-state index contributed by atoms with van der Waals surface area (Å²) >= 11 is 0. The first-order valence-corrected chi connectivity index (χ1v) is 10.3. The molecule has 1 fully saturated rings. The number of sulfonamides is 1. The minimum Gasteiger partial charge on any atom is -0.496 e. The third kappa shape index (κ3) is 4.73. The van der Waals surface area contributed by atoms with Crippen molar-refractivity contribution in [2.45, 2.75) is 56.9 Å². The van der Waals surface area contributed by atoms with Crippen LogP contribution in [0.3, 0.4) is 0 Å². The van der Waals surface area contributed by atoms with Crippen LogP contribution in [-0.2, 0) is 10.0 Å². The van der Waals surface area contributed by atoms with Crippen LogP contribution in [-0.4, -0.2) is 44.9 Å². The van der Waals surface area contributed by atoms with Gasteiger partial charge in [0, 0.05) is 19.1 Å². The van der Waals surface area contributed by atoms with Gasteiger partial charge in [-0.2, -0.15) is 4.31 Å². The molecule has 1 saturated heterocycles. The van der Waals surface area contributed by atoms with E-state index in [2.05, 4.69) is 12.2 Å². The lowest BCUT2D eigenvalue weighted by atomic mass is 10.1. The summed E-state index contributed by atoms with van der Waals surface area (Å²) in [7, 11) is -2.11. The van der Waals surface area contributed by atoms with Gasteiger partial charge in [0.2, 0.25) is 10.0 Å². The van der Waals surface area contributed by atoms with Gasteiger partial charge in [0.1, 0.15) is 5.75 Å². The van der Waals surface area contributed by atoms with Gasteiger partial charge in [-0.25, -0.2) is 8.42 Å². The fourth-order valence-electron chi connectivity index (χ4n) is 3.09. The number of carbonyl (C=O) groups excluding carboxylic acids is 1. The summed E-state index contributed by atoms with van der Waals surface area (Å²) in [6, 6.07) is 4.51. The summed E-state index contributed by atoms with van der Waals surface area (Å²) in [5.74, 6) is 0.0623. The van der Waals surface area contributed by atoms with Gasteiger partial charge in [-0.15, -0.1) is 0 Å². The van der Waals surface area contributed by atoms with Crippen LogP contribution in [0.15, 0.2) is 23.1 Å². The molecule has 1 aromatic rings. The topological polar surface area (TPSA) is 75.7 Å². The number of amides is 1. The molecular formula is C18H28N2O4S. The fraction of sp³-hybridized carbons (Fsp3) is 0.611. The number of ether oxygens (including phenoxy) is 1. The number of nitrogens with one attached hydrogen (secondary N) is 1. The number of benzene rings is 1. The minimum absolute atomic E-state index is 0.0181. The maximum Gasteiger partial charge on any atom is 0.255 e. The summed E-state index contributed by atoms with van der Waals surface area (Å²) < 4.78 is 32.4. The van der Waals surface area contributed by atoms with E-state index in [1.54, 1.807) is 6.07 Å². The van der Waals surface area contributed by atoms with Crippen molar-refractivity contribution in [1.82, 2.24) is 9.62 Å². The molecule has 2 rings (SSSR count). The minimum atomic E-state index is -3.58. The number of hydrogen-bond acceptors (Lipinski definition) is 4. The van der Waals surface area contributed by atoms with E-state index in [4.69, 9.17) is 4.74 Å². The van der Waals surface area contributed by atoms with Gasteiger partial charge >= 0.3 is 0 Å². The zero-order valence-corrected chi connectivity index (χ0v) is 16.1. The van der Waals surface area contributed by atoms with Crippen molar-refractivity contribution in [2.24, 2.45) is 0 Å². The molecule has 140 valence electrons. The number of hydrogen-bond donors (Lipinski definition) is 1. The maximum atomic E-state index is 12.8. The van der Waals surface area contributed by atoms with Crippen molar-refractivity contribution >= 4 is 15.9 Å². The summed E-state index contributed by atoms with van der Waals surface area (Å²) in [5, 5.41) is 2.90. The van der Waals surface area contributed by atoms with Gasteiger partial charge in [-0.3, -0.25) is 4.79 Å². The van der Waals surface area contributed by atoms with Gasteiger partial charge in [0.05, 0.1) is 17.6 Å². The molecule has 0 unspecified atom stereocenters. The van der Waals surface area contributed by atoms with Crippen LogP contribution >= 0.6 is 0 Å². The quantitative estimate of drug-likeness (QED) is 0.803. The van der Waals surface area contributed by atoms with Crippen LogP contribution in [0, 0.1) is 0 Å². The Kier molecular flexibility index (Phi) is 6.84. The third-order valence-corrected chi connectivity index (χ3v) is 6.36. The highest BCUT2D eigenvalue weighted by Crippen LogP contribution is 2.26. The Hall–Kier alpha value is -1.60. The van der Waals surface area contributed by atoms with E-state index in [0.29, 0.717) is 18.8 Å². The van der Waals surface area contributed by atoms with Crippen molar-refractivity contribution in [3.63, 3.8) is 0 Å². The van der Waals surface area contributed by atoms with Crippen molar-refractivity contribution in [3.8, 4) is 5.75 Å². The normalized spacial score (nSPS) is 17.1. The molecule has 1 atom stereocenters. The van der Waals surface area contributed by atoms with Gasteiger partial charge < -0.3 is 10.1 Å². The molecule has 0 radical (unpaired) electrons. The van der Waals surface area contributed by atoms with Gasteiger partial charge in [-0.05, 0) is 44.4 Å². The summed E-state index contributed by atoms with van der Waals surface area (Å²) in [4.78, 5) is 12.7. The van der Waals surface area contributed by atoms with Crippen molar-refractivity contribution in [1.29, 1.82) is 0 Å². The molecule has 7 heteroatoms. The first kappa shape index (κ1) is 19.7. The Bertz CT molecular complexity index is 697. The number of nitrogens with zero attached hydrogens (tertiary/aromatic N) is 1. The molecule has 1 amide bonds. The molecule has 1 aliphatic heterocycles. The van der Waals surface area contributed by atoms with Crippen LogP contribution in [0.4, 0.5) is 0 Å². The Morgan fingerprint density at radius 3 is 2.56 bits per heavy atom. The largest absolute Gasteiger partial charge is 0.496 e. The summed E-state index contributed by atoms with van der Waals surface area (Å²) in [5.41, 5.74) is 0.253. The predicted octanol–water partition coefficient (Wildman–Crippen LogP) is 2.79. The van der Waals surface area contributed by atoms with E-state index in [1.807, 2.05) is 6.92 Å². The van der Waals surface area contributed by atoms with Crippen LogP contribution < -0.4 is 10.1 Å². The molecule has 0 bridgehead atoms. The Morgan fingerprint density at radius 2 is 1.96 bits per heavy atom. The Labute approximate surface area is 150 Å². The fourth-order valence-corrected chi connectivity index (χ4v) is 4.63. The van der Waals surface area contributed by atoms with Crippen molar-refractivity contribution < 1.29 is 17.9 Å². The molecule has 0 saturated carbocycles. The molecular weight excluding hydrogens is 340 g/mol. The average molecular weight is 368 g/mol.